The van der Waals surface area contributed by atoms with E-state index < -0.39 is 0 Å². The Morgan fingerprint density at radius 1 is 1.05 bits per heavy atom. The summed E-state index contributed by atoms with van der Waals surface area (Å²) in [5, 5.41) is 4.13. The number of rotatable bonds is 7. The number of nitrogens with zero attached hydrogens (tertiary/aromatic N) is 5. The van der Waals surface area contributed by atoms with Crippen LogP contribution in [0.15, 0.2) is 47.0 Å². The number of carbonyl (C=O) groups excluding carboxylic acids is 1. The van der Waals surface area contributed by atoms with Crippen LogP contribution in [0, 0.1) is 11.7 Å². The summed E-state index contributed by atoms with van der Waals surface area (Å²) in [6.07, 6.45) is 1.80. The monoisotopic (exact) mass is 509 g/mol. The fraction of sp³-hybridized carbons (Fsp3) is 0.444. The van der Waals surface area contributed by atoms with Gasteiger partial charge >= 0.3 is 0 Å². The Hall–Kier alpha value is -3.66. The largest absolute Gasteiger partial charge is 0.493 e. The van der Waals surface area contributed by atoms with Crippen molar-refractivity contribution < 1.29 is 23.2 Å². The number of halogens is 1. The number of piperidine rings is 1. The summed E-state index contributed by atoms with van der Waals surface area (Å²) in [6, 6.07) is 12.3. The zero-order chi connectivity index (χ0) is 25.8. The molecule has 3 aromatic rings. The van der Waals surface area contributed by atoms with Crippen LogP contribution in [0.3, 0.4) is 0 Å². The fourth-order valence-electron chi connectivity index (χ4n) is 5.14. The Labute approximate surface area is 215 Å². The molecule has 0 N–H and O–H groups in total. The second-order valence-corrected chi connectivity index (χ2v) is 9.42. The van der Waals surface area contributed by atoms with Gasteiger partial charge in [0.1, 0.15) is 5.82 Å². The Balaban J connectivity index is 1.16. The van der Waals surface area contributed by atoms with Gasteiger partial charge in [0.05, 0.1) is 32.4 Å². The van der Waals surface area contributed by atoms with Gasteiger partial charge in [0.15, 0.2) is 11.5 Å². The third kappa shape index (κ3) is 5.53. The lowest BCUT2D eigenvalue weighted by molar-refractivity contribution is -0.137. The molecule has 0 bridgehead atoms. The van der Waals surface area contributed by atoms with Crippen LogP contribution >= 0.6 is 0 Å². The minimum absolute atomic E-state index is 0.0676. The van der Waals surface area contributed by atoms with Gasteiger partial charge < -0.3 is 23.8 Å². The summed E-state index contributed by atoms with van der Waals surface area (Å²) in [6.45, 7) is 4.47. The van der Waals surface area contributed by atoms with Crippen molar-refractivity contribution in [3.63, 3.8) is 0 Å². The Morgan fingerprint density at radius 2 is 1.84 bits per heavy atom. The maximum Gasteiger partial charge on any atom is 0.241 e. The molecule has 0 spiro atoms. The highest BCUT2D eigenvalue weighted by molar-refractivity contribution is 5.79. The van der Waals surface area contributed by atoms with Crippen molar-refractivity contribution in [1.29, 1.82) is 0 Å². The third-order valence-corrected chi connectivity index (χ3v) is 7.11. The zero-order valence-electron chi connectivity index (χ0n) is 21.2. The number of carbonyl (C=O) groups is 1. The second-order valence-electron chi connectivity index (χ2n) is 9.42. The summed E-state index contributed by atoms with van der Waals surface area (Å²) in [4.78, 5) is 24.0. The third-order valence-electron chi connectivity index (χ3n) is 7.11. The van der Waals surface area contributed by atoms with Gasteiger partial charge in [-0.2, -0.15) is 4.98 Å². The van der Waals surface area contributed by atoms with Crippen LogP contribution in [0.5, 0.6) is 11.5 Å². The average molecular weight is 510 g/mol. The number of amides is 1. The first kappa shape index (κ1) is 25.0. The van der Waals surface area contributed by atoms with Gasteiger partial charge in [-0.15, -0.1) is 0 Å². The molecular formula is C27H32FN5O4. The SMILES string of the molecule is COc1ccc(-c2noc(CN3CCCC(C(=O)N4CCN(c5ccccc5F)CC4)C3)n2)cc1OC. The van der Waals surface area contributed by atoms with Gasteiger partial charge in [-0.1, -0.05) is 17.3 Å². The summed E-state index contributed by atoms with van der Waals surface area (Å²) in [5.41, 5.74) is 1.37. The number of likely N-dealkylation sites (tertiary alicyclic amines) is 1. The first-order valence-corrected chi connectivity index (χ1v) is 12.6. The quantitative estimate of drug-likeness (QED) is 0.479. The van der Waals surface area contributed by atoms with Crippen LogP contribution < -0.4 is 14.4 Å². The van der Waals surface area contributed by atoms with Crippen molar-refractivity contribution in [3.8, 4) is 22.9 Å². The average Bonchev–Trinajstić information content (AvgIpc) is 3.41. The molecule has 9 nitrogen and oxygen atoms in total. The van der Waals surface area contributed by atoms with E-state index in [2.05, 4.69) is 15.0 Å². The Bertz CT molecular complexity index is 1230. The van der Waals surface area contributed by atoms with Crippen LogP contribution in [-0.4, -0.2) is 79.3 Å². The Kier molecular flexibility index (Phi) is 7.55. The summed E-state index contributed by atoms with van der Waals surface area (Å²) < 4.78 is 30.3. The molecule has 0 aliphatic carbocycles. The molecule has 3 heterocycles. The molecule has 10 heteroatoms. The highest BCUT2D eigenvalue weighted by Gasteiger charge is 2.32. The lowest BCUT2D eigenvalue weighted by Gasteiger charge is -2.39. The first-order chi connectivity index (χ1) is 18.1. The summed E-state index contributed by atoms with van der Waals surface area (Å²) in [5.74, 6) is 2.10. The van der Waals surface area contributed by atoms with Crippen molar-refractivity contribution in [2.24, 2.45) is 5.92 Å². The summed E-state index contributed by atoms with van der Waals surface area (Å²) in [7, 11) is 3.17. The van der Waals surface area contributed by atoms with Gasteiger partial charge in [-0.3, -0.25) is 9.69 Å². The van der Waals surface area contributed by atoms with E-state index in [0.717, 1.165) is 24.9 Å². The molecule has 0 saturated carbocycles. The van der Waals surface area contributed by atoms with E-state index in [4.69, 9.17) is 14.0 Å². The van der Waals surface area contributed by atoms with E-state index in [9.17, 15) is 9.18 Å². The van der Waals surface area contributed by atoms with E-state index in [1.165, 1.54) is 6.07 Å². The predicted molar refractivity (Wildman–Crippen MR) is 136 cm³/mol. The number of hydrogen-bond acceptors (Lipinski definition) is 8. The number of anilines is 1. The fourth-order valence-corrected chi connectivity index (χ4v) is 5.14. The number of methoxy groups -OCH3 is 2. The van der Waals surface area contributed by atoms with Crippen LogP contribution in [-0.2, 0) is 11.3 Å². The van der Waals surface area contributed by atoms with E-state index in [1.807, 2.05) is 28.0 Å². The minimum atomic E-state index is -0.222. The Morgan fingerprint density at radius 3 is 2.59 bits per heavy atom. The van der Waals surface area contributed by atoms with E-state index in [1.54, 1.807) is 32.4 Å². The summed E-state index contributed by atoms with van der Waals surface area (Å²) >= 11 is 0. The van der Waals surface area contributed by atoms with Crippen molar-refractivity contribution in [1.82, 2.24) is 19.9 Å². The van der Waals surface area contributed by atoms with Crippen LogP contribution in [0.4, 0.5) is 10.1 Å². The van der Waals surface area contributed by atoms with Crippen molar-refractivity contribution in [2.75, 3.05) is 58.4 Å². The van der Waals surface area contributed by atoms with E-state index >= 15 is 0 Å². The predicted octanol–water partition coefficient (Wildman–Crippen LogP) is 3.45. The molecule has 1 aromatic heterocycles. The molecule has 37 heavy (non-hydrogen) atoms. The van der Waals surface area contributed by atoms with Gasteiger partial charge in [0.2, 0.25) is 17.6 Å². The molecule has 2 aromatic carbocycles. The molecular weight excluding hydrogens is 477 g/mol. The molecule has 196 valence electrons. The van der Waals surface area contributed by atoms with Gasteiger partial charge in [-0.05, 0) is 49.7 Å². The standard InChI is InChI=1S/C27H32FN5O4/c1-35-23-10-9-19(16-24(23)36-2)26-29-25(37-30-26)18-31-11-5-6-20(17-31)27(34)33-14-12-32(13-15-33)22-8-4-3-7-21(22)28/h3-4,7-10,16,20H,5-6,11-15,17-18H2,1-2H3. The van der Waals surface area contributed by atoms with Gasteiger partial charge in [0, 0.05) is 38.3 Å². The maximum atomic E-state index is 14.1. The number of benzene rings is 2. The number of ether oxygens (including phenoxy) is 2. The van der Waals surface area contributed by atoms with Crippen molar-refractivity contribution in [2.45, 2.75) is 19.4 Å². The number of hydrogen-bond donors (Lipinski definition) is 0. The normalized spacial score (nSPS) is 18.6. The molecule has 1 unspecified atom stereocenters. The second kappa shape index (κ2) is 11.2. The molecule has 2 aliphatic rings. The minimum Gasteiger partial charge on any atom is -0.493 e. The lowest BCUT2D eigenvalue weighted by Crippen LogP contribution is -2.52. The molecule has 2 fully saturated rings. The number of piperazine rings is 1. The van der Waals surface area contributed by atoms with Crippen LogP contribution in [0.2, 0.25) is 0 Å². The maximum absolute atomic E-state index is 14.1. The molecule has 1 atom stereocenters. The molecule has 2 aliphatic heterocycles. The van der Waals surface area contributed by atoms with Gasteiger partial charge in [0.25, 0.3) is 0 Å². The van der Waals surface area contributed by atoms with E-state index in [0.29, 0.717) is 68.2 Å². The zero-order valence-corrected chi connectivity index (χ0v) is 21.2. The topological polar surface area (TPSA) is 84.2 Å². The highest BCUT2D eigenvalue weighted by Crippen LogP contribution is 2.31. The van der Waals surface area contributed by atoms with Gasteiger partial charge in [-0.25, -0.2) is 4.39 Å². The smallest absolute Gasteiger partial charge is 0.241 e. The lowest BCUT2D eigenvalue weighted by atomic mass is 9.96. The molecule has 5 rings (SSSR count). The highest BCUT2D eigenvalue weighted by atomic mass is 19.1. The van der Waals surface area contributed by atoms with Crippen LogP contribution in [0.1, 0.15) is 18.7 Å². The molecule has 0 radical (unpaired) electrons. The first-order valence-electron chi connectivity index (χ1n) is 12.6. The van der Waals surface area contributed by atoms with Crippen molar-refractivity contribution in [3.05, 3.63) is 54.2 Å². The van der Waals surface area contributed by atoms with Crippen LogP contribution in [0.25, 0.3) is 11.4 Å². The molecule has 2 saturated heterocycles. The van der Waals surface area contributed by atoms with Crippen molar-refractivity contribution >= 4 is 11.6 Å². The molecule has 1 amide bonds. The number of para-hydroxylation sites is 1. The number of aromatic nitrogens is 2. The van der Waals surface area contributed by atoms with E-state index in [-0.39, 0.29) is 17.6 Å².